The zero-order valence-electron chi connectivity index (χ0n) is 28.1. The summed E-state index contributed by atoms with van der Waals surface area (Å²) in [5, 5.41) is 3.02. The van der Waals surface area contributed by atoms with Gasteiger partial charge in [-0.3, -0.25) is 9.59 Å². The van der Waals surface area contributed by atoms with Crippen molar-refractivity contribution in [1.82, 2.24) is 14.9 Å². The molecule has 0 spiro atoms. The molecular formula is C35H49F3N4O3. The summed E-state index contributed by atoms with van der Waals surface area (Å²) in [4.78, 5) is 32.4. The Morgan fingerprint density at radius 3 is 2.18 bits per heavy atom. The van der Waals surface area contributed by atoms with Crippen LogP contribution >= 0.6 is 0 Å². The number of ether oxygens (including phenoxy) is 1. The minimum absolute atomic E-state index is 0.00845. The zero-order valence-corrected chi connectivity index (χ0v) is 28.1. The van der Waals surface area contributed by atoms with Crippen LogP contribution in [0.5, 0.6) is 0 Å². The second-order valence-electron chi connectivity index (χ2n) is 11.0. The van der Waals surface area contributed by atoms with Gasteiger partial charge in [0.05, 0.1) is 16.9 Å². The van der Waals surface area contributed by atoms with E-state index in [0.717, 1.165) is 34.9 Å². The summed E-state index contributed by atoms with van der Waals surface area (Å²) in [6.07, 6.45) is -1.65. The second-order valence-corrected chi connectivity index (χ2v) is 11.0. The van der Waals surface area contributed by atoms with Crippen molar-refractivity contribution >= 4 is 23.8 Å². The number of rotatable bonds is 8. The molecule has 1 aliphatic rings. The fraction of sp³-hybridized carbons (Fsp3) is 0.486. The van der Waals surface area contributed by atoms with Gasteiger partial charge in [0.15, 0.2) is 0 Å². The fourth-order valence-corrected chi connectivity index (χ4v) is 4.27. The van der Waals surface area contributed by atoms with Gasteiger partial charge in [0.2, 0.25) is 12.4 Å². The third-order valence-corrected chi connectivity index (χ3v) is 6.63. The lowest BCUT2D eigenvalue weighted by Gasteiger charge is -2.25. The molecule has 0 radical (unpaired) electrons. The van der Waals surface area contributed by atoms with E-state index in [9.17, 15) is 22.8 Å². The molecule has 45 heavy (non-hydrogen) atoms. The van der Waals surface area contributed by atoms with Crippen LogP contribution in [0.3, 0.4) is 0 Å². The zero-order chi connectivity index (χ0) is 34.2. The van der Waals surface area contributed by atoms with Gasteiger partial charge in [-0.1, -0.05) is 58.0 Å². The minimum atomic E-state index is -4.58. The van der Waals surface area contributed by atoms with Crippen molar-refractivity contribution in [2.75, 3.05) is 19.0 Å². The number of benzene rings is 2. The summed E-state index contributed by atoms with van der Waals surface area (Å²) < 4.78 is 45.9. The third kappa shape index (κ3) is 13.4. The molecule has 0 saturated heterocycles. The SMILES string of the molecule is CC.CC.CC(=O)Cc1ccccc1CCc1nc(Nc2ccc3c(c2)CCN(C=O)C3)ncc1C(F)(F)F.COC(C)(C)C. The van der Waals surface area contributed by atoms with Crippen LogP contribution < -0.4 is 5.32 Å². The summed E-state index contributed by atoms with van der Waals surface area (Å²) in [6.45, 7) is 16.7. The molecule has 248 valence electrons. The van der Waals surface area contributed by atoms with Crippen LogP contribution in [-0.2, 0) is 52.7 Å². The van der Waals surface area contributed by atoms with Crippen molar-refractivity contribution < 1.29 is 27.5 Å². The molecule has 0 aliphatic carbocycles. The Morgan fingerprint density at radius 2 is 1.62 bits per heavy atom. The monoisotopic (exact) mass is 630 g/mol. The van der Waals surface area contributed by atoms with Crippen LogP contribution in [-0.4, -0.2) is 46.3 Å². The molecule has 2 aromatic carbocycles. The number of nitrogens with one attached hydrogen (secondary N) is 1. The Morgan fingerprint density at radius 1 is 1.00 bits per heavy atom. The molecule has 1 amide bonds. The van der Waals surface area contributed by atoms with Gasteiger partial charge in [-0.15, -0.1) is 0 Å². The van der Waals surface area contributed by atoms with Crippen molar-refractivity contribution in [3.8, 4) is 0 Å². The lowest BCUT2D eigenvalue weighted by molar-refractivity contribution is -0.138. The van der Waals surface area contributed by atoms with Gasteiger partial charge < -0.3 is 15.0 Å². The van der Waals surface area contributed by atoms with E-state index in [1.54, 1.807) is 24.1 Å². The topological polar surface area (TPSA) is 84.4 Å². The van der Waals surface area contributed by atoms with Crippen molar-refractivity contribution in [3.63, 3.8) is 0 Å². The number of hydrogen-bond acceptors (Lipinski definition) is 6. The molecule has 4 rings (SSSR count). The van der Waals surface area contributed by atoms with Crippen LogP contribution in [0.4, 0.5) is 24.8 Å². The molecule has 1 aliphatic heterocycles. The van der Waals surface area contributed by atoms with Crippen molar-refractivity contribution in [2.24, 2.45) is 0 Å². The minimum Gasteiger partial charge on any atom is -0.379 e. The van der Waals surface area contributed by atoms with Gasteiger partial charge in [0.1, 0.15) is 5.78 Å². The van der Waals surface area contributed by atoms with Crippen LogP contribution in [0.2, 0.25) is 0 Å². The maximum atomic E-state index is 13.7. The van der Waals surface area contributed by atoms with Gasteiger partial charge in [-0.05, 0) is 81.3 Å². The summed E-state index contributed by atoms with van der Waals surface area (Å²) in [5.74, 6) is 0.0705. The number of anilines is 2. The van der Waals surface area contributed by atoms with Crippen molar-refractivity contribution in [2.45, 2.75) is 99.4 Å². The Kier molecular flexibility index (Phi) is 16.5. The number of hydrogen-bond donors (Lipinski definition) is 1. The molecule has 0 fully saturated rings. The highest BCUT2D eigenvalue weighted by molar-refractivity contribution is 5.78. The highest BCUT2D eigenvalue weighted by Gasteiger charge is 2.35. The largest absolute Gasteiger partial charge is 0.419 e. The number of carbonyl (C=O) groups is 2. The number of alkyl halides is 3. The van der Waals surface area contributed by atoms with Crippen LogP contribution in [0.1, 0.15) is 88.9 Å². The molecule has 0 bridgehead atoms. The van der Waals surface area contributed by atoms with Gasteiger partial charge in [0.25, 0.3) is 0 Å². The summed E-state index contributed by atoms with van der Waals surface area (Å²) in [5.41, 5.74) is 3.47. The Hall–Kier alpha value is -3.79. The molecular weight excluding hydrogens is 581 g/mol. The van der Waals surface area contributed by atoms with Gasteiger partial charge in [-0.2, -0.15) is 13.2 Å². The van der Waals surface area contributed by atoms with E-state index in [1.807, 2.05) is 78.8 Å². The van der Waals surface area contributed by atoms with Gasteiger partial charge in [0, 0.05) is 38.5 Å². The highest BCUT2D eigenvalue weighted by atomic mass is 19.4. The number of halogens is 3. The van der Waals surface area contributed by atoms with E-state index >= 15 is 0 Å². The molecule has 0 atom stereocenters. The van der Waals surface area contributed by atoms with E-state index < -0.39 is 11.7 Å². The predicted molar refractivity (Wildman–Crippen MR) is 175 cm³/mol. The quantitative estimate of drug-likeness (QED) is 0.253. The number of fused-ring (bicyclic) bond motifs is 1. The number of ketones is 1. The average molecular weight is 631 g/mol. The normalized spacial score (nSPS) is 12.2. The molecule has 0 unspecified atom stereocenters. The molecule has 0 saturated carbocycles. The van der Waals surface area contributed by atoms with Crippen LogP contribution in [0.15, 0.2) is 48.7 Å². The summed E-state index contributed by atoms with van der Waals surface area (Å²) >= 11 is 0. The van der Waals surface area contributed by atoms with E-state index in [-0.39, 0.29) is 35.9 Å². The lowest BCUT2D eigenvalue weighted by Crippen LogP contribution is -2.29. The smallest absolute Gasteiger partial charge is 0.379 e. The van der Waals surface area contributed by atoms with Crippen LogP contribution in [0, 0.1) is 0 Å². The maximum absolute atomic E-state index is 13.7. The van der Waals surface area contributed by atoms with Crippen LogP contribution in [0.25, 0.3) is 0 Å². The van der Waals surface area contributed by atoms with Crippen molar-refractivity contribution in [3.05, 3.63) is 82.2 Å². The second kappa shape index (κ2) is 18.9. The number of aryl methyl sites for hydroxylation is 2. The Balaban J connectivity index is 0.000000894. The van der Waals surface area contributed by atoms with E-state index in [0.29, 0.717) is 31.6 Å². The first kappa shape index (κ1) is 39.2. The number of amides is 1. The number of Topliss-reactive ketones (excluding diaryl/α,β-unsaturated/α-hetero) is 1. The van der Waals surface area contributed by atoms with E-state index in [2.05, 4.69) is 15.3 Å². The standard InChI is InChI=1S/C26H25F3N4O2.C5H12O.2C2H6/c1-17(35)12-19-5-3-2-4-18(19)7-9-24-23(26(27,28)29)14-30-25(32-24)31-22-8-6-21-15-33(16-34)11-10-20(21)13-22;1-5(2,3)6-4;2*1-2/h2-6,8,13-14,16H,7,9-12,15H2,1H3,(H,30,31,32);1-4H3;2*1-2H3. The molecule has 10 heteroatoms. The fourth-order valence-electron chi connectivity index (χ4n) is 4.27. The molecule has 1 N–H and O–H groups in total. The Bertz CT molecular complexity index is 1350. The predicted octanol–water partition coefficient (Wildman–Crippen LogP) is 8.15. The van der Waals surface area contributed by atoms with E-state index in [1.165, 1.54) is 6.92 Å². The number of aromatic nitrogens is 2. The first-order valence-electron chi connectivity index (χ1n) is 15.4. The van der Waals surface area contributed by atoms with Gasteiger partial charge in [-0.25, -0.2) is 9.97 Å². The summed E-state index contributed by atoms with van der Waals surface area (Å²) in [7, 11) is 1.71. The van der Waals surface area contributed by atoms with Gasteiger partial charge >= 0.3 is 6.18 Å². The molecule has 7 nitrogen and oxygen atoms in total. The summed E-state index contributed by atoms with van der Waals surface area (Å²) in [6, 6.07) is 12.9. The number of carbonyl (C=O) groups excluding carboxylic acids is 2. The highest BCUT2D eigenvalue weighted by Crippen LogP contribution is 2.32. The van der Waals surface area contributed by atoms with E-state index in [4.69, 9.17) is 4.74 Å². The molecule has 2 heterocycles. The first-order valence-corrected chi connectivity index (χ1v) is 15.4. The number of methoxy groups -OCH3 is 1. The van der Waals surface area contributed by atoms with Crippen molar-refractivity contribution in [1.29, 1.82) is 0 Å². The average Bonchev–Trinajstić information content (AvgIpc) is 3.01. The third-order valence-electron chi connectivity index (χ3n) is 6.63. The maximum Gasteiger partial charge on any atom is 0.419 e. The number of nitrogens with zero attached hydrogens (tertiary/aromatic N) is 3. The lowest BCUT2D eigenvalue weighted by atomic mass is 9.97. The molecule has 1 aromatic heterocycles. The molecule has 3 aromatic rings. The Labute approximate surface area is 266 Å². The first-order chi connectivity index (χ1) is 21.3.